The van der Waals surface area contributed by atoms with E-state index in [1.807, 2.05) is 25.1 Å². The monoisotopic (exact) mass is 388 g/mol. The highest BCUT2D eigenvalue weighted by Gasteiger charge is 2.26. The third-order valence-corrected chi connectivity index (χ3v) is 5.68. The number of fused-ring (bicyclic) bond motifs is 1. The molecule has 1 amide bonds. The first-order chi connectivity index (χ1) is 13.0. The molecule has 2 heterocycles. The molecule has 0 spiro atoms. The van der Waals surface area contributed by atoms with Gasteiger partial charge in [0.15, 0.2) is 11.6 Å². The van der Waals surface area contributed by atoms with E-state index in [1.165, 1.54) is 17.4 Å². The second kappa shape index (κ2) is 7.23. The van der Waals surface area contributed by atoms with E-state index in [2.05, 4.69) is 4.98 Å². The fourth-order valence-corrected chi connectivity index (χ4v) is 4.21. The first-order valence-electron chi connectivity index (χ1n) is 8.78. The van der Waals surface area contributed by atoms with Gasteiger partial charge < -0.3 is 9.64 Å². The van der Waals surface area contributed by atoms with Crippen LogP contribution >= 0.6 is 11.3 Å². The second-order valence-electron chi connectivity index (χ2n) is 6.64. The van der Waals surface area contributed by atoms with Crippen molar-refractivity contribution in [3.05, 3.63) is 59.2 Å². The van der Waals surface area contributed by atoms with Crippen LogP contribution in [-0.4, -0.2) is 35.0 Å². The summed E-state index contributed by atoms with van der Waals surface area (Å²) < 4.78 is 33.5. The van der Waals surface area contributed by atoms with Crippen molar-refractivity contribution in [2.45, 2.75) is 25.9 Å². The number of hydrogen-bond acceptors (Lipinski definition) is 4. The highest BCUT2D eigenvalue weighted by molar-refractivity contribution is 7.20. The Labute approximate surface area is 159 Å². The van der Waals surface area contributed by atoms with Gasteiger partial charge in [0.05, 0.1) is 10.2 Å². The summed E-state index contributed by atoms with van der Waals surface area (Å²) in [4.78, 5) is 18.7. The van der Waals surface area contributed by atoms with Crippen LogP contribution in [0.4, 0.5) is 8.78 Å². The van der Waals surface area contributed by atoms with Gasteiger partial charge in [-0.1, -0.05) is 23.5 Å². The molecule has 0 aliphatic carbocycles. The van der Waals surface area contributed by atoms with E-state index in [1.54, 1.807) is 4.90 Å². The van der Waals surface area contributed by atoms with Gasteiger partial charge in [0.25, 0.3) is 11.1 Å². The highest BCUT2D eigenvalue weighted by Crippen LogP contribution is 2.31. The normalized spacial score (nSPS) is 15.3. The zero-order valence-corrected chi connectivity index (χ0v) is 15.6. The van der Waals surface area contributed by atoms with Crippen LogP contribution in [0.1, 0.15) is 28.8 Å². The molecule has 0 saturated carbocycles. The molecule has 0 unspecified atom stereocenters. The summed E-state index contributed by atoms with van der Waals surface area (Å²) in [5.41, 5.74) is 2.24. The summed E-state index contributed by atoms with van der Waals surface area (Å²) in [5, 5.41) is 0.643. The molecule has 140 valence electrons. The van der Waals surface area contributed by atoms with Crippen molar-refractivity contribution in [3.8, 4) is 5.19 Å². The summed E-state index contributed by atoms with van der Waals surface area (Å²) in [6.45, 7) is 3.03. The number of ether oxygens (including phenoxy) is 1. The molecule has 0 bridgehead atoms. The Balaban J connectivity index is 1.38. The van der Waals surface area contributed by atoms with E-state index in [9.17, 15) is 13.6 Å². The van der Waals surface area contributed by atoms with E-state index in [-0.39, 0.29) is 17.6 Å². The second-order valence-corrected chi connectivity index (χ2v) is 7.63. The van der Waals surface area contributed by atoms with E-state index >= 15 is 0 Å². The number of para-hydroxylation sites is 1. The maximum atomic E-state index is 13.4. The number of carbonyl (C=O) groups excluding carboxylic acids is 1. The van der Waals surface area contributed by atoms with Gasteiger partial charge in [-0.25, -0.2) is 13.8 Å². The van der Waals surface area contributed by atoms with Crippen molar-refractivity contribution in [1.29, 1.82) is 0 Å². The summed E-state index contributed by atoms with van der Waals surface area (Å²) in [6, 6.07) is 9.29. The SMILES string of the molecule is Cc1cccc2sc(OC3CCN(C(=O)c4ccc(F)c(F)c4)CC3)nc12. The Morgan fingerprint density at radius 1 is 1.19 bits per heavy atom. The lowest BCUT2D eigenvalue weighted by molar-refractivity contribution is 0.0595. The molecule has 0 N–H and O–H groups in total. The van der Waals surface area contributed by atoms with Crippen molar-refractivity contribution in [2.24, 2.45) is 0 Å². The zero-order valence-electron chi connectivity index (χ0n) is 14.7. The minimum Gasteiger partial charge on any atom is -0.467 e. The van der Waals surface area contributed by atoms with Crippen LogP contribution in [0.15, 0.2) is 36.4 Å². The lowest BCUT2D eigenvalue weighted by atomic mass is 10.1. The lowest BCUT2D eigenvalue weighted by Gasteiger charge is -2.31. The van der Waals surface area contributed by atoms with Gasteiger partial charge in [-0.3, -0.25) is 4.79 Å². The number of amides is 1. The van der Waals surface area contributed by atoms with Crippen LogP contribution in [0.3, 0.4) is 0 Å². The minimum atomic E-state index is -1.01. The number of likely N-dealkylation sites (tertiary alicyclic amines) is 1. The van der Waals surface area contributed by atoms with Gasteiger partial charge in [0.2, 0.25) is 0 Å². The fourth-order valence-electron chi connectivity index (χ4n) is 3.25. The van der Waals surface area contributed by atoms with Crippen molar-refractivity contribution in [2.75, 3.05) is 13.1 Å². The number of piperidine rings is 1. The predicted molar refractivity (Wildman–Crippen MR) is 100 cm³/mol. The Morgan fingerprint density at radius 2 is 1.96 bits per heavy atom. The lowest BCUT2D eigenvalue weighted by Crippen LogP contribution is -2.41. The number of benzene rings is 2. The number of aromatic nitrogens is 1. The van der Waals surface area contributed by atoms with Crippen molar-refractivity contribution >= 4 is 27.5 Å². The topological polar surface area (TPSA) is 42.4 Å². The molecule has 4 rings (SSSR count). The van der Waals surface area contributed by atoms with Crippen LogP contribution < -0.4 is 4.74 Å². The molecule has 1 aliphatic heterocycles. The molecule has 1 fully saturated rings. The summed E-state index contributed by atoms with van der Waals surface area (Å²) in [6.07, 6.45) is 1.33. The quantitative estimate of drug-likeness (QED) is 0.660. The zero-order chi connectivity index (χ0) is 19.0. The molecular weight excluding hydrogens is 370 g/mol. The third-order valence-electron chi connectivity index (χ3n) is 4.76. The van der Waals surface area contributed by atoms with Gasteiger partial charge in [0, 0.05) is 31.5 Å². The van der Waals surface area contributed by atoms with Crippen molar-refractivity contribution in [1.82, 2.24) is 9.88 Å². The van der Waals surface area contributed by atoms with Crippen LogP contribution in [0.5, 0.6) is 5.19 Å². The van der Waals surface area contributed by atoms with Crippen LogP contribution in [0.25, 0.3) is 10.2 Å². The molecule has 4 nitrogen and oxygen atoms in total. The molecule has 3 aromatic rings. The largest absolute Gasteiger partial charge is 0.467 e. The molecule has 27 heavy (non-hydrogen) atoms. The summed E-state index contributed by atoms with van der Waals surface area (Å²) in [7, 11) is 0. The Hall–Kier alpha value is -2.54. The molecule has 7 heteroatoms. The molecule has 0 atom stereocenters. The van der Waals surface area contributed by atoms with Crippen molar-refractivity contribution < 1.29 is 18.3 Å². The minimum absolute atomic E-state index is 0.0140. The number of aryl methyl sites for hydroxylation is 1. The number of carbonyl (C=O) groups is 1. The highest BCUT2D eigenvalue weighted by atomic mass is 32.1. The van der Waals surface area contributed by atoms with E-state index < -0.39 is 11.6 Å². The van der Waals surface area contributed by atoms with Gasteiger partial charge in [-0.05, 0) is 36.8 Å². The van der Waals surface area contributed by atoms with Gasteiger partial charge >= 0.3 is 0 Å². The van der Waals surface area contributed by atoms with Crippen LogP contribution in [-0.2, 0) is 0 Å². The molecule has 2 aromatic carbocycles. The van der Waals surface area contributed by atoms with Gasteiger partial charge in [0.1, 0.15) is 6.10 Å². The number of nitrogens with zero attached hydrogens (tertiary/aromatic N) is 2. The van der Waals surface area contributed by atoms with E-state index in [4.69, 9.17) is 4.74 Å². The average Bonchev–Trinajstić information content (AvgIpc) is 3.08. The first kappa shape index (κ1) is 17.9. The molecular formula is C20H18F2N2O2S. The molecule has 1 aliphatic rings. The van der Waals surface area contributed by atoms with E-state index in [0.717, 1.165) is 27.9 Å². The maximum absolute atomic E-state index is 13.4. The Kier molecular flexibility index (Phi) is 4.78. The van der Waals surface area contributed by atoms with Crippen LogP contribution in [0, 0.1) is 18.6 Å². The Bertz CT molecular complexity index is 997. The first-order valence-corrected chi connectivity index (χ1v) is 9.60. The number of hydrogen-bond donors (Lipinski definition) is 0. The smallest absolute Gasteiger partial charge is 0.274 e. The van der Waals surface area contributed by atoms with Crippen LogP contribution in [0.2, 0.25) is 0 Å². The average molecular weight is 388 g/mol. The Morgan fingerprint density at radius 3 is 2.67 bits per heavy atom. The van der Waals surface area contributed by atoms with Gasteiger partial charge in [-0.2, -0.15) is 0 Å². The number of halogens is 2. The summed E-state index contributed by atoms with van der Waals surface area (Å²) >= 11 is 1.52. The number of rotatable bonds is 3. The molecule has 0 radical (unpaired) electrons. The number of thiazole rings is 1. The molecule has 1 aromatic heterocycles. The third kappa shape index (κ3) is 3.64. The standard InChI is InChI=1S/C20H18F2N2O2S/c1-12-3-2-4-17-18(12)23-20(27-17)26-14-7-9-24(10-8-14)19(25)13-5-6-15(21)16(22)11-13/h2-6,11,14H,7-10H2,1H3. The fraction of sp³-hybridized carbons (Fsp3) is 0.300. The predicted octanol–water partition coefficient (Wildman–Crippen LogP) is 4.57. The molecule has 1 saturated heterocycles. The van der Waals surface area contributed by atoms with Crippen molar-refractivity contribution in [3.63, 3.8) is 0 Å². The van der Waals surface area contributed by atoms with Gasteiger partial charge in [-0.15, -0.1) is 0 Å². The summed E-state index contributed by atoms with van der Waals surface area (Å²) in [5.74, 6) is -2.25. The maximum Gasteiger partial charge on any atom is 0.274 e. The van der Waals surface area contributed by atoms with E-state index in [0.29, 0.717) is 31.1 Å².